The van der Waals surface area contributed by atoms with Crippen molar-refractivity contribution < 1.29 is 14.7 Å². The number of nitrogens with zero attached hydrogens (tertiary/aromatic N) is 2. The molecule has 8 nitrogen and oxygen atoms in total. The summed E-state index contributed by atoms with van der Waals surface area (Å²) in [6, 6.07) is -0.575. The van der Waals surface area contributed by atoms with Crippen LogP contribution in [0, 0.1) is 0 Å². The lowest BCUT2D eigenvalue weighted by Crippen LogP contribution is -2.49. The van der Waals surface area contributed by atoms with Crippen molar-refractivity contribution in [2.75, 3.05) is 11.9 Å². The first-order valence-electron chi connectivity index (χ1n) is 9.29. The molecule has 0 radical (unpaired) electrons. The van der Waals surface area contributed by atoms with Gasteiger partial charge in [0, 0.05) is 12.7 Å². The topological polar surface area (TPSA) is 122 Å². The predicted molar refractivity (Wildman–Crippen MR) is 99.5 cm³/mol. The van der Waals surface area contributed by atoms with Crippen LogP contribution in [0.25, 0.3) is 0 Å². The van der Waals surface area contributed by atoms with E-state index >= 15 is 0 Å². The van der Waals surface area contributed by atoms with Crippen molar-refractivity contribution in [3.8, 4) is 0 Å². The van der Waals surface area contributed by atoms with Crippen LogP contribution in [0.1, 0.15) is 59.3 Å². The summed E-state index contributed by atoms with van der Waals surface area (Å²) in [4.78, 5) is 28.7. The molecule has 1 saturated carbocycles. The molecule has 26 heavy (non-hydrogen) atoms. The van der Waals surface area contributed by atoms with Gasteiger partial charge in [0.2, 0.25) is 11.8 Å². The molecule has 1 aromatic rings. The van der Waals surface area contributed by atoms with E-state index in [2.05, 4.69) is 15.6 Å². The largest absolute Gasteiger partial charge is 0.388 e. The van der Waals surface area contributed by atoms with Gasteiger partial charge < -0.3 is 26.0 Å². The lowest BCUT2D eigenvalue weighted by molar-refractivity contribution is -0.129. The van der Waals surface area contributed by atoms with Crippen LogP contribution in [0.3, 0.4) is 0 Å². The highest BCUT2D eigenvalue weighted by molar-refractivity contribution is 5.93. The first kappa shape index (κ1) is 20.4. The zero-order valence-corrected chi connectivity index (χ0v) is 15.9. The smallest absolute Gasteiger partial charge is 0.245 e. The fourth-order valence-electron chi connectivity index (χ4n) is 3.14. The summed E-state index contributed by atoms with van der Waals surface area (Å²) in [5.74, 6) is -0.143. The Morgan fingerprint density at radius 3 is 2.69 bits per heavy atom. The molecule has 2 rings (SSSR count). The predicted octanol–water partition coefficient (Wildman–Crippen LogP) is 1.11. The average Bonchev–Trinajstić information content (AvgIpc) is 3.23. The third kappa shape index (κ3) is 4.82. The molecule has 1 aliphatic rings. The first-order valence-corrected chi connectivity index (χ1v) is 9.29. The number of hydrogen-bond donors (Lipinski definition) is 4. The van der Waals surface area contributed by atoms with Crippen LogP contribution >= 0.6 is 0 Å². The van der Waals surface area contributed by atoms with Crippen molar-refractivity contribution in [2.24, 2.45) is 5.73 Å². The normalized spacial score (nSPS) is 17.7. The van der Waals surface area contributed by atoms with E-state index in [-0.39, 0.29) is 18.4 Å². The number of imidazole rings is 1. The van der Waals surface area contributed by atoms with E-state index in [1.165, 1.54) is 6.33 Å². The zero-order chi connectivity index (χ0) is 19.4. The Labute approximate surface area is 154 Å². The average molecular weight is 365 g/mol. The minimum Gasteiger partial charge on any atom is -0.388 e. The lowest BCUT2D eigenvalue weighted by Gasteiger charge is -2.28. The van der Waals surface area contributed by atoms with Crippen LogP contribution in [0.5, 0.6) is 0 Å². The molecule has 5 N–H and O–H groups in total. The second kappa shape index (κ2) is 8.18. The number of nitrogens with one attached hydrogen (secondary N) is 2. The molecule has 0 saturated heterocycles. The molecule has 1 aromatic heterocycles. The van der Waals surface area contributed by atoms with Gasteiger partial charge in [-0.05, 0) is 33.1 Å². The standard InChI is InChI=1S/C18H31N5O3/c1-4-7-13(19)15(24)22-14-10-23(12-21-14)17(2,3)16(25)20-11-18(26)8-5-6-9-18/h10,12-13,26H,4-9,11,19H2,1-3H3,(H,20,25)(H,22,24)/t13-/m0/s1. The molecule has 0 bridgehead atoms. The van der Waals surface area contributed by atoms with E-state index in [0.717, 1.165) is 19.3 Å². The van der Waals surface area contributed by atoms with Gasteiger partial charge in [0.05, 0.1) is 18.0 Å². The van der Waals surface area contributed by atoms with Crippen molar-refractivity contribution in [3.63, 3.8) is 0 Å². The van der Waals surface area contributed by atoms with Crippen molar-refractivity contribution in [1.29, 1.82) is 0 Å². The summed E-state index contributed by atoms with van der Waals surface area (Å²) >= 11 is 0. The van der Waals surface area contributed by atoms with Crippen LogP contribution in [0.4, 0.5) is 5.82 Å². The number of carbonyl (C=O) groups is 2. The Hall–Kier alpha value is -1.93. The van der Waals surface area contributed by atoms with Gasteiger partial charge in [-0.1, -0.05) is 26.2 Å². The number of amides is 2. The molecule has 0 spiro atoms. The maximum atomic E-state index is 12.6. The summed E-state index contributed by atoms with van der Waals surface area (Å²) < 4.78 is 1.64. The maximum absolute atomic E-state index is 12.6. The van der Waals surface area contributed by atoms with Crippen LogP contribution < -0.4 is 16.4 Å². The van der Waals surface area contributed by atoms with Gasteiger partial charge in [-0.15, -0.1) is 0 Å². The summed E-state index contributed by atoms with van der Waals surface area (Å²) in [5.41, 5.74) is 4.09. The lowest BCUT2D eigenvalue weighted by atomic mass is 10.0. The SMILES string of the molecule is CCC[C@H](N)C(=O)Nc1cn(C(C)(C)C(=O)NCC2(O)CCCC2)cn1. The Balaban J connectivity index is 1.96. The van der Waals surface area contributed by atoms with E-state index in [4.69, 9.17) is 5.73 Å². The molecule has 0 aliphatic heterocycles. The summed E-state index contributed by atoms with van der Waals surface area (Å²) in [7, 11) is 0. The summed E-state index contributed by atoms with van der Waals surface area (Å²) in [6.07, 6.45) is 7.94. The highest BCUT2D eigenvalue weighted by atomic mass is 16.3. The molecule has 0 unspecified atom stereocenters. The molecular formula is C18H31N5O3. The van der Waals surface area contributed by atoms with Crippen molar-refractivity contribution in [3.05, 3.63) is 12.5 Å². The Kier molecular flexibility index (Phi) is 6.41. The molecule has 1 heterocycles. The maximum Gasteiger partial charge on any atom is 0.245 e. The summed E-state index contributed by atoms with van der Waals surface area (Å²) in [5, 5.41) is 15.9. The van der Waals surface area contributed by atoms with Crippen LogP contribution in [0.2, 0.25) is 0 Å². The minimum absolute atomic E-state index is 0.212. The quantitative estimate of drug-likeness (QED) is 0.549. The van der Waals surface area contributed by atoms with E-state index in [1.807, 2.05) is 6.92 Å². The number of nitrogens with two attached hydrogens (primary N) is 1. The third-order valence-electron chi connectivity index (χ3n) is 5.08. The van der Waals surface area contributed by atoms with Gasteiger partial charge in [-0.25, -0.2) is 4.98 Å². The number of carbonyl (C=O) groups excluding carboxylic acids is 2. The van der Waals surface area contributed by atoms with E-state index in [9.17, 15) is 14.7 Å². The van der Waals surface area contributed by atoms with Crippen LogP contribution in [-0.4, -0.2) is 44.7 Å². The van der Waals surface area contributed by atoms with Gasteiger partial charge in [0.25, 0.3) is 0 Å². The second-order valence-corrected chi connectivity index (χ2v) is 7.72. The Morgan fingerprint density at radius 2 is 2.08 bits per heavy atom. The fraction of sp³-hybridized carbons (Fsp3) is 0.722. The van der Waals surface area contributed by atoms with E-state index in [0.29, 0.717) is 25.1 Å². The molecule has 2 amide bonds. The number of anilines is 1. The van der Waals surface area contributed by atoms with Crippen molar-refractivity contribution in [1.82, 2.24) is 14.9 Å². The van der Waals surface area contributed by atoms with Gasteiger partial charge in [0.1, 0.15) is 5.54 Å². The van der Waals surface area contributed by atoms with Gasteiger partial charge in [0.15, 0.2) is 5.82 Å². The first-order chi connectivity index (χ1) is 12.2. The highest BCUT2D eigenvalue weighted by Gasteiger charge is 2.35. The number of aromatic nitrogens is 2. The molecule has 8 heteroatoms. The molecule has 1 atom stereocenters. The van der Waals surface area contributed by atoms with Crippen LogP contribution in [0.15, 0.2) is 12.5 Å². The van der Waals surface area contributed by atoms with Crippen molar-refractivity contribution in [2.45, 2.75) is 76.5 Å². The Morgan fingerprint density at radius 1 is 1.42 bits per heavy atom. The van der Waals surface area contributed by atoms with Gasteiger partial charge >= 0.3 is 0 Å². The number of rotatable bonds is 8. The van der Waals surface area contributed by atoms with Gasteiger partial charge in [-0.2, -0.15) is 0 Å². The Bertz CT molecular complexity index is 635. The molecule has 0 aromatic carbocycles. The number of hydrogen-bond acceptors (Lipinski definition) is 5. The molecule has 1 aliphatic carbocycles. The van der Waals surface area contributed by atoms with E-state index in [1.54, 1.807) is 24.6 Å². The fourth-order valence-corrected chi connectivity index (χ4v) is 3.14. The minimum atomic E-state index is -0.906. The summed E-state index contributed by atoms with van der Waals surface area (Å²) in [6.45, 7) is 5.73. The third-order valence-corrected chi connectivity index (χ3v) is 5.08. The zero-order valence-electron chi connectivity index (χ0n) is 15.9. The molecular weight excluding hydrogens is 334 g/mol. The molecule has 146 valence electrons. The van der Waals surface area contributed by atoms with Crippen molar-refractivity contribution >= 4 is 17.6 Å². The van der Waals surface area contributed by atoms with Gasteiger partial charge in [-0.3, -0.25) is 9.59 Å². The molecule has 1 fully saturated rings. The second-order valence-electron chi connectivity index (χ2n) is 7.72. The van der Waals surface area contributed by atoms with Crippen LogP contribution in [-0.2, 0) is 15.1 Å². The van der Waals surface area contributed by atoms with E-state index < -0.39 is 17.2 Å². The monoisotopic (exact) mass is 365 g/mol. The highest BCUT2D eigenvalue weighted by Crippen LogP contribution is 2.29. The number of aliphatic hydroxyl groups is 1.